The number of carbonyl (C=O) groups excluding carboxylic acids is 1. The monoisotopic (exact) mass is 437 g/mol. The van der Waals surface area contributed by atoms with E-state index in [0.29, 0.717) is 17.9 Å². The molecule has 0 aliphatic heterocycles. The molecule has 0 fully saturated rings. The Morgan fingerprint density at radius 2 is 1.50 bits per heavy atom. The fourth-order valence-electron chi connectivity index (χ4n) is 4.21. The fourth-order valence-corrected chi connectivity index (χ4v) is 4.21. The van der Waals surface area contributed by atoms with Crippen LogP contribution in [0.25, 0.3) is 10.8 Å². The van der Waals surface area contributed by atoms with Gasteiger partial charge in [0.1, 0.15) is 23.0 Å². The largest absolute Gasteiger partial charge is 0.497 e. The summed E-state index contributed by atoms with van der Waals surface area (Å²) in [5, 5.41) is 1.76. The summed E-state index contributed by atoms with van der Waals surface area (Å²) in [7, 11) is 6.53. The molecular weight excluding hydrogens is 406 g/mol. The maximum atomic E-state index is 12.9. The van der Waals surface area contributed by atoms with Crippen molar-refractivity contribution in [2.24, 2.45) is 0 Å². The quantitative estimate of drug-likeness (QED) is 0.487. The van der Waals surface area contributed by atoms with Gasteiger partial charge in [-0.2, -0.15) is 0 Å². The summed E-state index contributed by atoms with van der Waals surface area (Å²) in [5.74, 6) is 2.81. The maximum Gasteiger partial charge on any atom is 0.224 e. The Labute approximate surface area is 189 Å². The van der Waals surface area contributed by atoms with Crippen LogP contribution in [0.5, 0.6) is 23.0 Å². The van der Waals surface area contributed by atoms with Crippen LogP contribution in [0.2, 0.25) is 0 Å². The molecule has 3 aromatic rings. The lowest BCUT2D eigenvalue weighted by molar-refractivity contribution is -0.116. The number of aryl methyl sites for hydroxylation is 1. The molecule has 0 saturated heterocycles. The van der Waals surface area contributed by atoms with Crippen LogP contribution in [0.3, 0.4) is 0 Å². The van der Waals surface area contributed by atoms with Gasteiger partial charge >= 0.3 is 0 Å². The van der Waals surface area contributed by atoms with Crippen molar-refractivity contribution in [1.82, 2.24) is 0 Å². The van der Waals surface area contributed by atoms with Gasteiger partial charge in [-0.3, -0.25) is 4.79 Å². The van der Waals surface area contributed by atoms with Crippen molar-refractivity contribution in [2.75, 3.05) is 33.3 Å². The summed E-state index contributed by atoms with van der Waals surface area (Å²) in [6.07, 6.45) is 0.629. The minimum Gasteiger partial charge on any atom is -0.497 e. The molecule has 0 N–H and O–H groups in total. The van der Waals surface area contributed by atoms with Gasteiger partial charge < -0.3 is 23.8 Å². The SMILES string of the molecule is COc1cc(C[C@H](C)N(C(C)=O)c2ccc(OC)c3c(OC)cc(C)cc23)cc(OC)c1. The van der Waals surface area contributed by atoms with Gasteiger partial charge in [-0.15, -0.1) is 0 Å². The van der Waals surface area contributed by atoms with E-state index in [-0.39, 0.29) is 11.9 Å². The van der Waals surface area contributed by atoms with E-state index < -0.39 is 0 Å². The van der Waals surface area contributed by atoms with Crippen molar-refractivity contribution in [1.29, 1.82) is 0 Å². The number of carbonyl (C=O) groups is 1. The Balaban J connectivity index is 2.11. The highest BCUT2D eigenvalue weighted by molar-refractivity contribution is 6.07. The minimum atomic E-state index is -0.118. The van der Waals surface area contributed by atoms with Gasteiger partial charge in [-0.05, 0) is 67.8 Å². The highest BCUT2D eigenvalue weighted by Crippen LogP contribution is 2.41. The molecule has 0 bridgehead atoms. The highest BCUT2D eigenvalue weighted by Gasteiger charge is 2.24. The van der Waals surface area contributed by atoms with Crippen LogP contribution in [-0.4, -0.2) is 40.4 Å². The number of fused-ring (bicyclic) bond motifs is 1. The number of methoxy groups -OCH3 is 4. The van der Waals surface area contributed by atoms with Crippen LogP contribution in [-0.2, 0) is 11.2 Å². The van der Waals surface area contributed by atoms with Crippen LogP contribution < -0.4 is 23.8 Å². The van der Waals surface area contributed by atoms with E-state index in [0.717, 1.165) is 39.1 Å². The molecule has 0 unspecified atom stereocenters. The Morgan fingerprint density at radius 3 is 2.03 bits per heavy atom. The Kier molecular flexibility index (Phi) is 7.13. The first-order valence-corrected chi connectivity index (χ1v) is 10.5. The summed E-state index contributed by atoms with van der Waals surface area (Å²) in [6, 6.07) is 13.5. The number of anilines is 1. The first kappa shape index (κ1) is 23.3. The zero-order chi connectivity index (χ0) is 23.4. The lowest BCUT2D eigenvalue weighted by Crippen LogP contribution is -2.38. The molecule has 1 amide bonds. The summed E-state index contributed by atoms with van der Waals surface area (Å²) >= 11 is 0. The number of nitrogens with zero attached hydrogens (tertiary/aromatic N) is 1. The van der Waals surface area contributed by atoms with Gasteiger partial charge in [0.2, 0.25) is 5.91 Å². The first-order valence-electron chi connectivity index (χ1n) is 10.5. The number of rotatable bonds is 8. The number of hydrogen-bond acceptors (Lipinski definition) is 5. The average molecular weight is 438 g/mol. The third-order valence-corrected chi connectivity index (χ3v) is 5.58. The Bertz CT molecular complexity index is 1100. The van der Waals surface area contributed by atoms with Crippen molar-refractivity contribution in [3.63, 3.8) is 0 Å². The third-order valence-electron chi connectivity index (χ3n) is 5.58. The molecule has 0 saturated carbocycles. The number of benzene rings is 3. The van der Waals surface area contributed by atoms with Crippen LogP contribution in [0.15, 0.2) is 42.5 Å². The van der Waals surface area contributed by atoms with Crippen LogP contribution in [0.4, 0.5) is 5.69 Å². The van der Waals surface area contributed by atoms with Crippen LogP contribution in [0.1, 0.15) is 25.0 Å². The summed E-state index contributed by atoms with van der Waals surface area (Å²) in [5.41, 5.74) is 2.88. The second-order valence-corrected chi connectivity index (χ2v) is 7.84. The lowest BCUT2D eigenvalue weighted by Gasteiger charge is -2.30. The molecule has 6 heteroatoms. The number of ether oxygens (including phenoxy) is 4. The van der Waals surface area contributed by atoms with Gasteiger partial charge in [0.25, 0.3) is 0 Å². The van der Waals surface area contributed by atoms with E-state index in [1.165, 1.54) is 0 Å². The second-order valence-electron chi connectivity index (χ2n) is 7.84. The van der Waals surface area contributed by atoms with Gasteiger partial charge in [0, 0.05) is 24.4 Å². The fraction of sp³-hybridized carbons (Fsp3) is 0.346. The molecule has 0 aliphatic rings. The number of amides is 1. The van der Waals surface area contributed by atoms with Crippen molar-refractivity contribution < 1.29 is 23.7 Å². The summed E-state index contributed by atoms with van der Waals surface area (Å²) in [6.45, 7) is 5.64. The van der Waals surface area contributed by atoms with Gasteiger partial charge in [-0.25, -0.2) is 0 Å². The zero-order valence-corrected chi connectivity index (χ0v) is 19.8. The van der Waals surface area contributed by atoms with Gasteiger partial charge in [0.05, 0.1) is 39.5 Å². The molecule has 32 heavy (non-hydrogen) atoms. The third kappa shape index (κ3) is 4.59. The molecular formula is C26H31NO5. The zero-order valence-electron chi connectivity index (χ0n) is 19.8. The molecule has 170 valence electrons. The highest BCUT2D eigenvalue weighted by atomic mass is 16.5. The molecule has 0 radical (unpaired) electrons. The van der Waals surface area contributed by atoms with Gasteiger partial charge in [0.15, 0.2) is 0 Å². The van der Waals surface area contributed by atoms with Gasteiger partial charge in [-0.1, -0.05) is 0 Å². The molecule has 0 aliphatic carbocycles. The van der Waals surface area contributed by atoms with Crippen molar-refractivity contribution >= 4 is 22.4 Å². The van der Waals surface area contributed by atoms with Crippen molar-refractivity contribution in [3.05, 3.63) is 53.6 Å². The predicted molar refractivity (Wildman–Crippen MR) is 128 cm³/mol. The molecule has 0 heterocycles. The van der Waals surface area contributed by atoms with Crippen LogP contribution >= 0.6 is 0 Å². The van der Waals surface area contributed by atoms with E-state index in [1.807, 2.05) is 55.1 Å². The molecule has 3 rings (SSSR count). The van der Waals surface area contributed by atoms with E-state index in [2.05, 4.69) is 6.07 Å². The second kappa shape index (κ2) is 9.81. The maximum absolute atomic E-state index is 12.9. The Hall–Kier alpha value is -3.41. The summed E-state index contributed by atoms with van der Waals surface area (Å²) in [4.78, 5) is 14.7. The Morgan fingerprint density at radius 1 is 0.875 bits per heavy atom. The van der Waals surface area contributed by atoms with E-state index >= 15 is 0 Å². The summed E-state index contributed by atoms with van der Waals surface area (Å²) < 4.78 is 22.1. The topological polar surface area (TPSA) is 57.2 Å². The van der Waals surface area contributed by atoms with E-state index in [4.69, 9.17) is 18.9 Å². The first-order chi connectivity index (χ1) is 15.3. The number of hydrogen-bond donors (Lipinski definition) is 0. The minimum absolute atomic E-state index is 0.0423. The molecule has 0 spiro atoms. The molecule has 0 aromatic heterocycles. The van der Waals surface area contributed by atoms with E-state index in [1.54, 1.807) is 35.4 Å². The molecule has 6 nitrogen and oxygen atoms in total. The molecule has 3 aromatic carbocycles. The standard InChI is InChI=1S/C26H31NO5/c1-16-10-22-23(8-9-24(31-6)26(22)25(11-16)32-7)27(18(3)28)17(2)12-19-13-20(29-4)15-21(14-19)30-5/h8-11,13-15,17H,12H2,1-7H3/t17-/m0/s1. The lowest BCUT2D eigenvalue weighted by atomic mass is 10.00. The smallest absolute Gasteiger partial charge is 0.224 e. The van der Waals surface area contributed by atoms with Crippen LogP contribution in [0, 0.1) is 6.92 Å². The predicted octanol–water partition coefficient (Wildman–Crippen LogP) is 5.17. The van der Waals surface area contributed by atoms with Crippen molar-refractivity contribution in [2.45, 2.75) is 33.2 Å². The molecule has 1 atom stereocenters. The normalized spacial score (nSPS) is 11.7. The van der Waals surface area contributed by atoms with Crippen molar-refractivity contribution in [3.8, 4) is 23.0 Å². The van der Waals surface area contributed by atoms with E-state index in [9.17, 15) is 4.79 Å². The average Bonchev–Trinajstić information content (AvgIpc) is 2.78.